The molecule has 0 saturated carbocycles. The fourth-order valence-electron chi connectivity index (χ4n) is 2.46. The fourth-order valence-corrected chi connectivity index (χ4v) is 2.46. The van der Waals surface area contributed by atoms with E-state index >= 15 is 0 Å². The van der Waals surface area contributed by atoms with E-state index in [-0.39, 0.29) is 0 Å². The Morgan fingerprint density at radius 1 is 1.32 bits per heavy atom. The molecule has 5 heteroatoms. The molecule has 0 bridgehead atoms. The smallest absolute Gasteiger partial charge is 0.161 e. The van der Waals surface area contributed by atoms with Gasteiger partial charge in [-0.3, -0.25) is 4.90 Å². The van der Waals surface area contributed by atoms with Crippen LogP contribution in [0.2, 0.25) is 0 Å². The van der Waals surface area contributed by atoms with E-state index in [0.29, 0.717) is 12.6 Å². The van der Waals surface area contributed by atoms with E-state index in [9.17, 15) is 0 Å². The molecule has 5 nitrogen and oxygen atoms in total. The maximum atomic E-state index is 5.82. The summed E-state index contributed by atoms with van der Waals surface area (Å²) >= 11 is 0. The molecule has 1 atom stereocenters. The molecule has 19 heavy (non-hydrogen) atoms. The summed E-state index contributed by atoms with van der Waals surface area (Å²) in [6, 6.07) is 6.47. The van der Waals surface area contributed by atoms with Crippen LogP contribution >= 0.6 is 0 Å². The summed E-state index contributed by atoms with van der Waals surface area (Å²) in [5, 5.41) is 3.38. The lowest BCUT2D eigenvalue weighted by Gasteiger charge is -2.35. The molecule has 1 aromatic rings. The van der Waals surface area contributed by atoms with E-state index < -0.39 is 0 Å². The van der Waals surface area contributed by atoms with E-state index in [1.165, 1.54) is 5.56 Å². The van der Waals surface area contributed by atoms with Crippen LogP contribution in [0, 0.1) is 0 Å². The Morgan fingerprint density at radius 2 is 2.11 bits per heavy atom. The number of hydrogen-bond acceptors (Lipinski definition) is 5. The number of rotatable bonds is 5. The second-order valence-corrected chi connectivity index (χ2v) is 4.75. The predicted octanol–water partition coefficient (Wildman–Crippen LogP) is 0.436. The Morgan fingerprint density at radius 3 is 2.79 bits per heavy atom. The lowest BCUT2D eigenvalue weighted by atomic mass is 10.1. The summed E-state index contributed by atoms with van der Waals surface area (Å²) in [5.41, 5.74) is 7.04. The molecule has 2 rings (SSSR count). The van der Waals surface area contributed by atoms with Crippen molar-refractivity contribution in [2.24, 2.45) is 5.73 Å². The molecular weight excluding hydrogens is 242 g/mol. The number of hydrogen-bond donors (Lipinski definition) is 2. The van der Waals surface area contributed by atoms with Crippen molar-refractivity contribution in [2.75, 3.05) is 40.4 Å². The van der Waals surface area contributed by atoms with Crippen molar-refractivity contribution in [3.05, 3.63) is 23.8 Å². The summed E-state index contributed by atoms with van der Waals surface area (Å²) < 4.78 is 10.6. The van der Waals surface area contributed by atoms with Crippen molar-refractivity contribution in [1.29, 1.82) is 0 Å². The van der Waals surface area contributed by atoms with Crippen molar-refractivity contribution in [3.8, 4) is 11.5 Å². The number of nitrogens with zero attached hydrogens (tertiary/aromatic N) is 1. The van der Waals surface area contributed by atoms with E-state index in [1.54, 1.807) is 14.2 Å². The summed E-state index contributed by atoms with van der Waals surface area (Å²) in [4.78, 5) is 2.41. The first-order valence-electron chi connectivity index (χ1n) is 6.64. The van der Waals surface area contributed by atoms with Crippen LogP contribution in [0.4, 0.5) is 0 Å². The summed E-state index contributed by atoms with van der Waals surface area (Å²) in [5.74, 6) is 1.54. The second-order valence-electron chi connectivity index (χ2n) is 4.75. The number of piperazine rings is 1. The lowest BCUT2D eigenvalue weighted by molar-refractivity contribution is 0.157. The highest BCUT2D eigenvalue weighted by Gasteiger charge is 2.21. The molecule has 1 saturated heterocycles. The maximum absolute atomic E-state index is 5.82. The second kappa shape index (κ2) is 6.75. The minimum absolute atomic E-state index is 0.404. The average molecular weight is 265 g/mol. The molecule has 0 spiro atoms. The van der Waals surface area contributed by atoms with Crippen molar-refractivity contribution in [2.45, 2.75) is 12.6 Å². The zero-order chi connectivity index (χ0) is 13.7. The van der Waals surface area contributed by atoms with Gasteiger partial charge in [0.1, 0.15) is 0 Å². The molecule has 3 N–H and O–H groups in total. The minimum atomic E-state index is 0.404. The van der Waals surface area contributed by atoms with Gasteiger partial charge in [0.25, 0.3) is 0 Å². The zero-order valence-electron chi connectivity index (χ0n) is 11.7. The van der Waals surface area contributed by atoms with Crippen LogP contribution in [-0.4, -0.2) is 51.3 Å². The van der Waals surface area contributed by atoms with Crippen molar-refractivity contribution in [3.63, 3.8) is 0 Å². The summed E-state index contributed by atoms with van der Waals surface area (Å²) in [7, 11) is 3.31. The third-order valence-corrected chi connectivity index (χ3v) is 3.58. The van der Waals surface area contributed by atoms with Crippen molar-refractivity contribution >= 4 is 0 Å². The molecule has 1 unspecified atom stereocenters. The van der Waals surface area contributed by atoms with Crippen LogP contribution in [0.3, 0.4) is 0 Å². The Balaban J connectivity index is 2.09. The Labute approximate surface area is 114 Å². The average Bonchev–Trinajstić information content (AvgIpc) is 2.47. The first-order valence-corrected chi connectivity index (χ1v) is 6.64. The monoisotopic (exact) mass is 265 g/mol. The molecule has 1 aromatic carbocycles. The van der Waals surface area contributed by atoms with Gasteiger partial charge in [0, 0.05) is 38.8 Å². The van der Waals surface area contributed by atoms with Gasteiger partial charge < -0.3 is 20.5 Å². The third-order valence-electron chi connectivity index (χ3n) is 3.58. The summed E-state index contributed by atoms with van der Waals surface area (Å²) in [6.45, 7) is 4.58. The Bertz CT molecular complexity index is 412. The Hall–Kier alpha value is -1.30. The van der Waals surface area contributed by atoms with Gasteiger partial charge in [0.15, 0.2) is 11.5 Å². The molecule has 1 fully saturated rings. The van der Waals surface area contributed by atoms with E-state index in [0.717, 1.165) is 37.7 Å². The van der Waals surface area contributed by atoms with Crippen LogP contribution < -0.4 is 20.5 Å². The SMILES string of the molecule is COc1ccc(CN2CCNCC2CN)cc1OC. The van der Waals surface area contributed by atoms with Crippen molar-refractivity contribution < 1.29 is 9.47 Å². The Kier molecular flexibility index (Phi) is 5.01. The maximum Gasteiger partial charge on any atom is 0.161 e. The molecular formula is C14H23N3O2. The van der Waals surface area contributed by atoms with E-state index in [1.807, 2.05) is 12.1 Å². The standard InChI is InChI=1S/C14H23N3O2/c1-18-13-4-3-11(7-14(13)19-2)10-17-6-5-16-9-12(17)8-15/h3-4,7,12,16H,5-6,8-10,15H2,1-2H3. The number of benzene rings is 1. The number of methoxy groups -OCH3 is 2. The molecule has 0 aliphatic carbocycles. The predicted molar refractivity (Wildman–Crippen MR) is 75.7 cm³/mol. The van der Waals surface area contributed by atoms with E-state index in [4.69, 9.17) is 15.2 Å². The largest absolute Gasteiger partial charge is 0.493 e. The van der Waals surface area contributed by atoms with Gasteiger partial charge in [0.05, 0.1) is 14.2 Å². The molecule has 0 amide bonds. The normalized spacial score (nSPS) is 20.3. The van der Waals surface area contributed by atoms with Gasteiger partial charge in [-0.2, -0.15) is 0 Å². The number of nitrogens with one attached hydrogen (secondary N) is 1. The van der Waals surface area contributed by atoms with Crippen LogP contribution in [0.25, 0.3) is 0 Å². The van der Waals surface area contributed by atoms with Crippen LogP contribution in [-0.2, 0) is 6.54 Å². The topological polar surface area (TPSA) is 59.8 Å². The molecule has 0 radical (unpaired) electrons. The van der Waals surface area contributed by atoms with Gasteiger partial charge in [0.2, 0.25) is 0 Å². The third kappa shape index (κ3) is 3.37. The van der Waals surface area contributed by atoms with E-state index in [2.05, 4.69) is 16.3 Å². The number of ether oxygens (including phenoxy) is 2. The fraction of sp³-hybridized carbons (Fsp3) is 0.571. The molecule has 1 aliphatic heterocycles. The summed E-state index contributed by atoms with van der Waals surface area (Å²) in [6.07, 6.45) is 0. The molecule has 1 heterocycles. The highest BCUT2D eigenvalue weighted by molar-refractivity contribution is 5.42. The first-order chi connectivity index (χ1) is 9.28. The highest BCUT2D eigenvalue weighted by atomic mass is 16.5. The van der Waals surface area contributed by atoms with Gasteiger partial charge in [-0.1, -0.05) is 6.07 Å². The molecule has 106 valence electrons. The highest BCUT2D eigenvalue weighted by Crippen LogP contribution is 2.28. The van der Waals surface area contributed by atoms with Crippen LogP contribution in [0.1, 0.15) is 5.56 Å². The van der Waals surface area contributed by atoms with Gasteiger partial charge >= 0.3 is 0 Å². The van der Waals surface area contributed by atoms with Gasteiger partial charge in [-0.05, 0) is 17.7 Å². The number of nitrogens with two attached hydrogens (primary N) is 1. The van der Waals surface area contributed by atoms with Gasteiger partial charge in [-0.15, -0.1) is 0 Å². The molecule has 1 aliphatic rings. The molecule has 0 aromatic heterocycles. The lowest BCUT2D eigenvalue weighted by Crippen LogP contribution is -2.53. The first kappa shape index (κ1) is 14.1. The zero-order valence-corrected chi connectivity index (χ0v) is 11.7. The minimum Gasteiger partial charge on any atom is -0.493 e. The van der Waals surface area contributed by atoms with Crippen LogP contribution in [0.15, 0.2) is 18.2 Å². The van der Waals surface area contributed by atoms with Crippen LogP contribution in [0.5, 0.6) is 11.5 Å². The van der Waals surface area contributed by atoms with Crippen molar-refractivity contribution in [1.82, 2.24) is 10.2 Å². The van der Waals surface area contributed by atoms with Gasteiger partial charge in [-0.25, -0.2) is 0 Å². The quantitative estimate of drug-likeness (QED) is 0.809.